The zero-order chi connectivity index (χ0) is 14.7. The van der Waals surface area contributed by atoms with Gasteiger partial charge in [-0.25, -0.2) is 5.43 Å². The van der Waals surface area contributed by atoms with Crippen LogP contribution in [0.1, 0.15) is 22.7 Å². The predicted molar refractivity (Wildman–Crippen MR) is 86.0 cm³/mol. The van der Waals surface area contributed by atoms with Crippen molar-refractivity contribution in [1.29, 1.82) is 0 Å². The number of ether oxygens (including phenoxy) is 1. The van der Waals surface area contributed by atoms with E-state index < -0.39 is 0 Å². The molecule has 0 amide bonds. The van der Waals surface area contributed by atoms with Gasteiger partial charge in [0.2, 0.25) is 0 Å². The number of aryl methyl sites for hydroxylation is 1. The topological polar surface area (TPSA) is 47.3 Å². The van der Waals surface area contributed by atoms with Crippen molar-refractivity contribution < 1.29 is 4.74 Å². The lowest BCUT2D eigenvalue weighted by Gasteiger charge is -2.21. The minimum Gasteiger partial charge on any atom is -0.497 e. The summed E-state index contributed by atoms with van der Waals surface area (Å²) in [6, 6.07) is 11.5. The normalized spacial score (nSPS) is 12.2. The summed E-state index contributed by atoms with van der Waals surface area (Å²) in [6.07, 6.45) is 0. The van der Waals surface area contributed by atoms with Crippen molar-refractivity contribution in [2.75, 3.05) is 7.11 Å². The van der Waals surface area contributed by atoms with Crippen molar-refractivity contribution in [3.8, 4) is 5.75 Å². The molecule has 0 radical (unpaired) electrons. The van der Waals surface area contributed by atoms with Gasteiger partial charge in [0, 0.05) is 9.50 Å². The minimum absolute atomic E-state index is 0.118. The molecule has 2 aromatic carbocycles. The van der Waals surface area contributed by atoms with Gasteiger partial charge in [0.25, 0.3) is 0 Å². The molecule has 106 valence electrons. The van der Waals surface area contributed by atoms with Crippen LogP contribution in [0.5, 0.6) is 5.75 Å². The fraction of sp³-hybridized carbons (Fsp3) is 0.200. The van der Waals surface area contributed by atoms with Crippen LogP contribution in [0.15, 0.2) is 40.9 Å². The Morgan fingerprint density at radius 2 is 1.90 bits per heavy atom. The summed E-state index contributed by atoms with van der Waals surface area (Å²) >= 11 is 9.52. The average Bonchev–Trinajstić information content (AvgIpc) is 2.43. The summed E-state index contributed by atoms with van der Waals surface area (Å²) in [6.45, 7) is 2.03. The molecule has 0 fully saturated rings. The van der Waals surface area contributed by atoms with Crippen molar-refractivity contribution in [2.24, 2.45) is 5.84 Å². The third kappa shape index (κ3) is 3.15. The van der Waals surface area contributed by atoms with Gasteiger partial charge in [-0.15, -0.1) is 0 Å². The Balaban J connectivity index is 2.47. The van der Waals surface area contributed by atoms with E-state index in [2.05, 4.69) is 21.4 Å². The highest BCUT2D eigenvalue weighted by Gasteiger charge is 2.17. The van der Waals surface area contributed by atoms with E-state index in [4.69, 9.17) is 22.2 Å². The summed E-state index contributed by atoms with van der Waals surface area (Å²) in [7, 11) is 1.66. The molecule has 0 aliphatic rings. The van der Waals surface area contributed by atoms with E-state index in [1.54, 1.807) is 7.11 Å². The first kappa shape index (κ1) is 15.3. The van der Waals surface area contributed by atoms with Gasteiger partial charge in [-0.2, -0.15) is 0 Å². The molecule has 2 rings (SSSR count). The summed E-state index contributed by atoms with van der Waals surface area (Å²) in [5.41, 5.74) is 6.09. The summed E-state index contributed by atoms with van der Waals surface area (Å²) < 4.78 is 6.15. The van der Waals surface area contributed by atoms with Crippen LogP contribution in [-0.2, 0) is 0 Å². The van der Waals surface area contributed by atoms with Crippen LogP contribution < -0.4 is 16.0 Å². The molecule has 0 aliphatic heterocycles. The largest absolute Gasteiger partial charge is 0.497 e. The van der Waals surface area contributed by atoms with Gasteiger partial charge in [-0.05, 0) is 47.9 Å². The first-order chi connectivity index (χ1) is 9.56. The highest BCUT2D eigenvalue weighted by molar-refractivity contribution is 9.10. The quantitative estimate of drug-likeness (QED) is 0.644. The molecule has 2 aromatic rings. The number of halogens is 2. The Labute approximate surface area is 132 Å². The van der Waals surface area contributed by atoms with Gasteiger partial charge in [0.05, 0.1) is 13.2 Å². The Hall–Kier alpha value is -1.07. The SMILES string of the molecule is COc1ccc(C(NN)c2ccc(Cl)cc2Br)c(C)c1. The highest BCUT2D eigenvalue weighted by Crippen LogP contribution is 2.32. The molecule has 0 saturated carbocycles. The van der Waals surface area contributed by atoms with Crippen LogP contribution >= 0.6 is 27.5 Å². The molecule has 0 heterocycles. The number of rotatable bonds is 4. The smallest absolute Gasteiger partial charge is 0.119 e. The second kappa shape index (κ2) is 6.59. The van der Waals surface area contributed by atoms with Crippen LogP contribution in [0.2, 0.25) is 5.02 Å². The van der Waals surface area contributed by atoms with Gasteiger partial charge in [0.15, 0.2) is 0 Å². The minimum atomic E-state index is -0.118. The summed E-state index contributed by atoms with van der Waals surface area (Å²) in [5.74, 6) is 6.58. The van der Waals surface area contributed by atoms with Crippen molar-refractivity contribution >= 4 is 27.5 Å². The number of nitrogens with two attached hydrogens (primary N) is 1. The molecule has 3 nitrogen and oxygen atoms in total. The predicted octanol–water partition coefficient (Wildman–Crippen LogP) is 3.97. The van der Waals surface area contributed by atoms with E-state index in [0.29, 0.717) is 5.02 Å². The van der Waals surface area contributed by atoms with Crippen molar-refractivity contribution in [3.05, 3.63) is 62.6 Å². The summed E-state index contributed by atoms with van der Waals surface area (Å²) in [5, 5.41) is 0.683. The zero-order valence-electron chi connectivity index (χ0n) is 11.3. The molecule has 1 atom stereocenters. The number of nitrogens with one attached hydrogen (secondary N) is 1. The number of hydrazine groups is 1. The van der Waals surface area contributed by atoms with Gasteiger partial charge < -0.3 is 4.74 Å². The third-order valence-electron chi connectivity index (χ3n) is 3.23. The van der Waals surface area contributed by atoms with Crippen molar-refractivity contribution in [2.45, 2.75) is 13.0 Å². The maximum absolute atomic E-state index is 5.98. The Morgan fingerprint density at radius 1 is 1.20 bits per heavy atom. The molecule has 0 aliphatic carbocycles. The second-order valence-electron chi connectivity index (χ2n) is 4.49. The Bertz CT molecular complexity index is 619. The fourth-order valence-corrected chi connectivity index (χ4v) is 3.09. The van der Waals surface area contributed by atoms with Gasteiger partial charge >= 0.3 is 0 Å². The molecule has 20 heavy (non-hydrogen) atoms. The molecule has 0 saturated heterocycles. The molecule has 3 N–H and O–H groups in total. The van der Waals surface area contributed by atoms with E-state index >= 15 is 0 Å². The third-order valence-corrected chi connectivity index (χ3v) is 4.15. The van der Waals surface area contributed by atoms with Gasteiger partial charge in [-0.1, -0.05) is 39.7 Å². The summed E-state index contributed by atoms with van der Waals surface area (Å²) in [4.78, 5) is 0. The lowest BCUT2D eigenvalue weighted by Crippen LogP contribution is -2.29. The van der Waals surface area contributed by atoms with Crippen molar-refractivity contribution in [3.63, 3.8) is 0 Å². The molecule has 0 bridgehead atoms. The van der Waals surface area contributed by atoms with Crippen LogP contribution in [0.3, 0.4) is 0 Å². The van der Waals surface area contributed by atoms with Crippen LogP contribution in [0.25, 0.3) is 0 Å². The lowest BCUT2D eigenvalue weighted by molar-refractivity contribution is 0.414. The molecule has 1 unspecified atom stereocenters. The first-order valence-electron chi connectivity index (χ1n) is 6.12. The highest BCUT2D eigenvalue weighted by atomic mass is 79.9. The van der Waals surface area contributed by atoms with Crippen LogP contribution in [0.4, 0.5) is 0 Å². The first-order valence-corrected chi connectivity index (χ1v) is 7.29. The fourth-order valence-electron chi connectivity index (χ4n) is 2.18. The standard InChI is InChI=1S/C15H16BrClN2O/c1-9-7-11(20-2)4-6-12(9)15(19-18)13-5-3-10(17)8-14(13)16/h3-8,15,19H,18H2,1-2H3. The van der Waals surface area contributed by atoms with Crippen LogP contribution in [0, 0.1) is 6.92 Å². The number of hydrogen-bond acceptors (Lipinski definition) is 3. The number of methoxy groups -OCH3 is 1. The molecule has 5 heteroatoms. The molecular formula is C15H16BrClN2O. The monoisotopic (exact) mass is 354 g/mol. The molecule has 0 aromatic heterocycles. The van der Waals surface area contributed by atoms with E-state index in [-0.39, 0.29) is 6.04 Å². The Morgan fingerprint density at radius 3 is 2.45 bits per heavy atom. The maximum Gasteiger partial charge on any atom is 0.119 e. The lowest BCUT2D eigenvalue weighted by atomic mass is 9.95. The number of hydrogen-bond donors (Lipinski definition) is 2. The number of benzene rings is 2. The second-order valence-corrected chi connectivity index (χ2v) is 5.78. The van der Waals surface area contributed by atoms with Crippen molar-refractivity contribution in [1.82, 2.24) is 5.43 Å². The molecular weight excluding hydrogens is 340 g/mol. The average molecular weight is 356 g/mol. The van der Waals surface area contributed by atoms with E-state index in [9.17, 15) is 0 Å². The van der Waals surface area contributed by atoms with E-state index in [1.165, 1.54) is 0 Å². The van der Waals surface area contributed by atoms with Gasteiger partial charge in [-0.3, -0.25) is 5.84 Å². The Kier molecular flexibility index (Phi) is 5.05. The molecule has 0 spiro atoms. The maximum atomic E-state index is 5.98. The van der Waals surface area contributed by atoms with E-state index in [0.717, 1.165) is 26.9 Å². The van der Waals surface area contributed by atoms with Gasteiger partial charge in [0.1, 0.15) is 5.75 Å². The van der Waals surface area contributed by atoms with Crippen LogP contribution in [-0.4, -0.2) is 7.11 Å². The van der Waals surface area contributed by atoms with E-state index in [1.807, 2.05) is 43.3 Å². The zero-order valence-corrected chi connectivity index (χ0v) is 13.6.